The molecule has 0 amide bonds. The summed E-state index contributed by atoms with van der Waals surface area (Å²) in [5.41, 5.74) is 6.23. The molecule has 1 aromatic heterocycles. The van der Waals surface area contributed by atoms with Crippen LogP contribution in [0, 0.1) is 6.92 Å². The van der Waals surface area contributed by atoms with Crippen molar-refractivity contribution in [3.63, 3.8) is 0 Å². The van der Waals surface area contributed by atoms with Gasteiger partial charge in [0.05, 0.1) is 5.52 Å². The predicted molar refractivity (Wildman–Crippen MR) is 101 cm³/mol. The highest BCUT2D eigenvalue weighted by Gasteiger charge is 2.40. The SMILES string of the molecule is Cc1c(-c2ccc3c(c2)CC2(CCNCC2)O3)ccc2cccnc12. The lowest BCUT2D eigenvalue weighted by atomic mass is 9.87. The van der Waals surface area contributed by atoms with Gasteiger partial charge in [-0.2, -0.15) is 0 Å². The van der Waals surface area contributed by atoms with Gasteiger partial charge in [-0.15, -0.1) is 0 Å². The summed E-state index contributed by atoms with van der Waals surface area (Å²) in [7, 11) is 0. The molecule has 0 saturated carbocycles. The molecule has 1 fully saturated rings. The number of benzene rings is 2. The van der Waals surface area contributed by atoms with Crippen LogP contribution in [0.5, 0.6) is 5.75 Å². The molecule has 3 aromatic rings. The second kappa shape index (κ2) is 5.57. The molecule has 3 nitrogen and oxygen atoms in total. The molecule has 0 atom stereocenters. The van der Waals surface area contributed by atoms with Crippen molar-refractivity contribution in [1.29, 1.82) is 0 Å². The molecular weight excluding hydrogens is 308 g/mol. The highest BCUT2D eigenvalue weighted by Crippen LogP contribution is 2.42. The Morgan fingerprint density at radius 2 is 1.96 bits per heavy atom. The number of pyridine rings is 1. The van der Waals surface area contributed by atoms with E-state index >= 15 is 0 Å². The maximum absolute atomic E-state index is 6.37. The molecule has 0 radical (unpaired) electrons. The lowest BCUT2D eigenvalue weighted by Gasteiger charge is -2.33. The van der Waals surface area contributed by atoms with Crippen LogP contribution >= 0.6 is 0 Å². The van der Waals surface area contributed by atoms with E-state index in [1.807, 2.05) is 12.3 Å². The number of nitrogens with one attached hydrogen (secondary N) is 1. The predicted octanol–water partition coefficient (Wildman–Crippen LogP) is 4.27. The van der Waals surface area contributed by atoms with Crippen molar-refractivity contribution in [2.75, 3.05) is 13.1 Å². The Balaban J connectivity index is 1.55. The quantitative estimate of drug-likeness (QED) is 0.723. The number of hydrogen-bond acceptors (Lipinski definition) is 3. The van der Waals surface area contributed by atoms with Gasteiger partial charge >= 0.3 is 0 Å². The highest BCUT2D eigenvalue weighted by atomic mass is 16.5. The van der Waals surface area contributed by atoms with E-state index in [0.717, 1.165) is 43.6 Å². The van der Waals surface area contributed by atoms with Gasteiger partial charge in [-0.05, 0) is 73.3 Å². The molecule has 2 aliphatic heterocycles. The summed E-state index contributed by atoms with van der Waals surface area (Å²) in [5, 5.41) is 4.63. The Morgan fingerprint density at radius 1 is 1.08 bits per heavy atom. The molecule has 2 aromatic carbocycles. The lowest BCUT2D eigenvalue weighted by Crippen LogP contribution is -2.45. The first-order chi connectivity index (χ1) is 12.2. The summed E-state index contributed by atoms with van der Waals surface area (Å²) in [5.74, 6) is 1.07. The first-order valence-electron chi connectivity index (χ1n) is 9.12. The monoisotopic (exact) mass is 330 g/mol. The van der Waals surface area contributed by atoms with Gasteiger partial charge in [0.25, 0.3) is 0 Å². The van der Waals surface area contributed by atoms with Gasteiger partial charge < -0.3 is 10.1 Å². The van der Waals surface area contributed by atoms with Crippen LogP contribution in [0.2, 0.25) is 0 Å². The maximum Gasteiger partial charge on any atom is 0.123 e. The summed E-state index contributed by atoms with van der Waals surface area (Å²) in [6.07, 6.45) is 5.09. The zero-order chi connectivity index (χ0) is 16.9. The van der Waals surface area contributed by atoms with Crippen LogP contribution in [-0.2, 0) is 6.42 Å². The fraction of sp³-hybridized carbons (Fsp3) is 0.318. The number of rotatable bonds is 1. The summed E-state index contributed by atoms with van der Waals surface area (Å²) in [6, 6.07) is 15.2. The van der Waals surface area contributed by atoms with Crippen LogP contribution in [0.3, 0.4) is 0 Å². The van der Waals surface area contributed by atoms with Crippen molar-refractivity contribution < 1.29 is 4.74 Å². The number of fused-ring (bicyclic) bond motifs is 2. The molecule has 0 aliphatic carbocycles. The van der Waals surface area contributed by atoms with Crippen molar-refractivity contribution in [1.82, 2.24) is 10.3 Å². The number of hydrogen-bond donors (Lipinski definition) is 1. The molecule has 3 heterocycles. The molecule has 25 heavy (non-hydrogen) atoms. The van der Waals surface area contributed by atoms with E-state index < -0.39 is 0 Å². The fourth-order valence-electron chi connectivity index (χ4n) is 4.37. The van der Waals surface area contributed by atoms with Crippen LogP contribution in [0.1, 0.15) is 24.0 Å². The molecular formula is C22H22N2O. The Hall–Kier alpha value is -2.39. The molecule has 0 unspecified atom stereocenters. The van der Waals surface area contributed by atoms with Crippen LogP contribution in [0.4, 0.5) is 0 Å². The van der Waals surface area contributed by atoms with E-state index in [2.05, 4.69) is 53.6 Å². The maximum atomic E-state index is 6.37. The van der Waals surface area contributed by atoms with Crippen LogP contribution in [0.15, 0.2) is 48.7 Å². The second-order valence-electron chi connectivity index (χ2n) is 7.35. The van der Waals surface area contributed by atoms with Crippen LogP contribution < -0.4 is 10.1 Å². The average molecular weight is 330 g/mol. The molecule has 1 saturated heterocycles. The van der Waals surface area contributed by atoms with Crippen molar-refractivity contribution in [2.24, 2.45) is 0 Å². The van der Waals surface area contributed by atoms with E-state index in [9.17, 15) is 0 Å². The average Bonchev–Trinajstić information content (AvgIpc) is 2.99. The Morgan fingerprint density at radius 3 is 2.84 bits per heavy atom. The third kappa shape index (κ3) is 2.42. The van der Waals surface area contributed by atoms with Crippen molar-refractivity contribution in [2.45, 2.75) is 31.8 Å². The van der Waals surface area contributed by atoms with Crippen molar-refractivity contribution in [3.8, 4) is 16.9 Å². The molecule has 126 valence electrons. The zero-order valence-electron chi connectivity index (χ0n) is 14.5. The topological polar surface area (TPSA) is 34.1 Å². The number of piperidine rings is 1. The van der Waals surface area contributed by atoms with E-state index in [1.54, 1.807) is 0 Å². The van der Waals surface area contributed by atoms with Gasteiger partial charge in [0.15, 0.2) is 0 Å². The van der Waals surface area contributed by atoms with Gasteiger partial charge in [0, 0.05) is 18.0 Å². The zero-order valence-corrected chi connectivity index (χ0v) is 14.5. The second-order valence-corrected chi connectivity index (χ2v) is 7.35. The Kier molecular flexibility index (Phi) is 3.32. The number of nitrogens with zero attached hydrogens (tertiary/aromatic N) is 1. The normalized spacial score (nSPS) is 18.3. The van der Waals surface area contributed by atoms with Crippen molar-refractivity contribution >= 4 is 10.9 Å². The highest BCUT2D eigenvalue weighted by molar-refractivity contribution is 5.88. The number of aryl methyl sites for hydroxylation is 1. The van der Waals surface area contributed by atoms with Crippen LogP contribution in [-0.4, -0.2) is 23.7 Å². The third-order valence-electron chi connectivity index (χ3n) is 5.75. The summed E-state index contributed by atoms with van der Waals surface area (Å²) < 4.78 is 6.37. The van der Waals surface area contributed by atoms with E-state index in [4.69, 9.17) is 4.74 Å². The van der Waals surface area contributed by atoms with E-state index in [1.165, 1.54) is 27.6 Å². The van der Waals surface area contributed by atoms with Crippen molar-refractivity contribution in [3.05, 3.63) is 59.8 Å². The summed E-state index contributed by atoms with van der Waals surface area (Å²) in [4.78, 5) is 4.58. The molecule has 2 aliphatic rings. The molecule has 1 spiro atoms. The lowest BCUT2D eigenvalue weighted by molar-refractivity contribution is 0.0600. The first-order valence-corrected chi connectivity index (χ1v) is 9.12. The largest absolute Gasteiger partial charge is 0.487 e. The van der Waals surface area contributed by atoms with Gasteiger partial charge in [-0.25, -0.2) is 0 Å². The number of aromatic nitrogens is 1. The minimum Gasteiger partial charge on any atom is -0.487 e. The Bertz CT molecular complexity index is 957. The minimum absolute atomic E-state index is 0.0200. The Labute approximate surface area is 148 Å². The smallest absolute Gasteiger partial charge is 0.123 e. The molecule has 1 N–H and O–H groups in total. The van der Waals surface area contributed by atoms with Gasteiger partial charge in [-0.1, -0.05) is 24.3 Å². The summed E-state index contributed by atoms with van der Waals surface area (Å²) in [6.45, 7) is 4.27. The molecule has 0 bridgehead atoms. The minimum atomic E-state index is 0.0200. The van der Waals surface area contributed by atoms with Gasteiger partial charge in [0.2, 0.25) is 0 Å². The van der Waals surface area contributed by atoms with Crippen LogP contribution in [0.25, 0.3) is 22.0 Å². The third-order valence-corrected chi connectivity index (χ3v) is 5.75. The molecule has 5 rings (SSSR count). The fourth-order valence-corrected chi connectivity index (χ4v) is 4.37. The van der Waals surface area contributed by atoms with E-state index in [-0.39, 0.29) is 5.60 Å². The van der Waals surface area contributed by atoms with Gasteiger partial charge in [0.1, 0.15) is 11.4 Å². The number of ether oxygens (including phenoxy) is 1. The standard InChI is InChI=1S/C22H22N2O/c1-15-19(6-4-16-3-2-10-24-21(15)16)17-5-7-20-18(13-17)14-22(25-20)8-11-23-12-9-22/h2-7,10,13,23H,8-9,11-12,14H2,1H3. The first kappa shape index (κ1) is 14.9. The van der Waals surface area contributed by atoms with E-state index in [0.29, 0.717) is 0 Å². The molecule has 3 heteroatoms. The van der Waals surface area contributed by atoms with Gasteiger partial charge in [-0.3, -0.25) is 4.98 Å². The summed E-state index contributed by atoms with van der Waals surface area (Å²) >= 11 is 0.